The van der Waals surface area contributed by atoms with Crippen LogP contribution in [0.3, 0.4) is 0 Å². The van der Waals surface area contributed by atoms with E-state index in [0.29, 0.717) is 11.1 Å². The van der Waals surface area contributed by atoms with Gasteiger partial charge in [0.2, 0.25) is 0 Å². The average molecular weight is 354 g/mol. The van der Waals surface area contributed by atoms with Gasteiger partial charge in [0.1, 0.15) is 29.9 Å². The summed E-state index contributed by atoms with van der Waals surface area (Å²) in [7, 11) is 0. The molecule has 0 aliphatic rings. The van der Waals surface area contributed by atoms with Crippen molar-refractivity contribution in [3.8, 4) is 0 Å². The van der Waals surface area contributed by atoms with E-state index in [4.69, 9.17) is 5.11 Å². The number of benzene rings is 2. The Kier molecular flexibility index (Phi) is 6.57. The van der Waals surface area contributed by atoms with Crippen LogP contribution >= 0.6 is 0 Å². The molecular weight excluding hydrogens is 334 g/mol. The number of halogens is 2. The van der Waals surface area contributed by atoms with E-state index in [1.807, 2.05) is 0 Å². The molecule has 0 radical (unpaired) electrons. The molecule has 25 heavy (non-hydrogen) atoms. The molecule has 0 aliphatic carbocycles. The minimum atomic E-state index is -1.80. The molecule has 0 aliphatic heterocycles. The molecule has 0 fully saturated rings. The van der Waals surface area contributed by atoms with Crippen molar-refractivity contribution in [1.29, 1.82) is 0 Å². The normalized spacial score (nSPS) is 16.5. The maximum absolute atomic E-state index is 13.2. The molecule has 2 aromatic carbocycles. The third kappa shape index (κ3) is 4.59. The standard InChI is InChI=1S/C18H20F2O5/c19-12-5-1-10(2-6-12)15(11-3-7-13(20)8-4-11)17(24)18(25)16(23)14(22)9-21/h1-8,14-18,21-25H,9H2/t14-,16-,17-,18-/m1/s1. The van der Waals surface area contributed by atoms with E-state index >= 15 is 0 Å². The van der Waals surface area contributed by atoms with Crippen molar-refractivity contribution in [2.45, 2.75) is 30.3 Å². The van der Waals surface area contributed by atoms with Gasteiger partial charge < -0.3 is 25.5 Å². The zero-order valence-corrected chi connectivity index (χ0v) is 13.2. The highest BCUT2D eigenvalue weighted by molar-refractivity contribution is 5.34. The predicted molar refractivity (Wildman–Crippen MR) is 85.8 cm³/mol. The molecule has 0 saturated carbocycles. The van der Waals surface area contributed by atoms with Crippen molar-refractivity contribution in [3.05, 3.63) is 71.3 Å². The van der Waals surface area contributed by atoms with Crippen LogP contribution in [0.1, 0.15) is 17.0 Å². The quantitative estimate of drug-likeness (QED) is 0.499. The van der Waals surface area contributed by atoms with Crippen LogP contribution in [0.2, 0.25) is 0 Å². The smallest absolute Gasteiger partial charge is 0.123 e. The van der Waals surface area contributed by atoms with Gasteiger partial charge in [-0.05, 0) is 35.4 Å². The van der Waals surface area contributed by atoms with Gasteiger partial charge in [-0.25, -0.2) is 8.78 Å². The lowest BCUT2D eigenvalue weighted by molar-refractivity contribution is -0.117. The summed E-state index contributed by atoms with van der Waals surface area (Å²) in [6, 6.07) is 10.3. The van der Waals surface area contributed by atoms with Gasteiger partial charge in [0.15, 0.2) is 0 Å². The van der Waals surface area contributed by atoms with Gasteiger partial charge in [0.25, 0.3) is 0 Å². The van der Waals surface area contributed by atoms with Gasteiger partial charge >= 0.3 is 0 Å². The molecule has 0 spiro atoms. The van der Waals surface area contributed by atoms with Crippen LogP contribution in [-0.2, 0) is 0 Å². The highest BCUT2D eigenvalue weighted by Crippen LogP contribution is 2.31. The van der Waals surface area contributed by atoms with E-state index in [1.54, 1.807) is 0 Å². The van der Waals surface area contributed by atoms with Crippen molar-refractivity contribution >= 4 is 0 Å². The van der Waals surface area contributed by atoms with Crippen LogP contribution in [-0.4, -0.2) is 56.6 Å². The molecule has 0 bridgehead atoms. The SMILES string of the molecule is OC[C@@H](O)[C@@H](O)[C@@H](O)[C@H](O)C(c1ccc(F)cc1)c1ccc(F)cc1. The zero-order chi connectivity index (χ0) is 18.6. The molecule has 0 amide bonds. The first kappa shape index (κ1) is 19.4. The fourth-order valence-electron chi connectivity index (χ4n) is 2.66. The Morgan fingerprint density at radius 3 is 1.40 bits per heavy atom. The first-order valence-electron chi connectivity index (χ1n) is 7.69. The van der Waals surface area contributed by atoms with E-state index in [9.17, 15) is 29.2 Å². The van der Waals surface area contributed by atoms with E-state index in [2.05, 4.69) is 0 Å². The third-order valence-corrected chi connectivity index (χ3v) is 4.08. The predicted octanol–water partition coefficient (Wildman–Crippen LogP) is 0.533. The second-order valence-electron chi connectivity index (χ2n) is 5.80. The van der Waals surface area contributed by atoms with Gasteiger partial charge in [-0.15, -0.1) is 0 Å². The topological polar surface area (TPSA) is 101 Å². The van der Waals surface area contributed by atoms with E-state index < -0.39 is 48.6 Å². The van der Waals surface area contributed by atoms with Crippen molar-refractivity contribution in [2.75, 3.05) is 6.61 Å². The lowest BCUT2D eigenvalue weighted by Gasteiger charge is -2.31. The van der Waals surface area contributed by atoms with Crippen LogP contribution in [0.15, 0.2) is 48.5 Å². The maximum Gasteiger partial charge on any atom is 0.123 e. The molecule has 0 saturated heterocycles. The van der Waals surface area contributed by atoms with Gasteiger partial charge in [-0.2, -0.15) is 0 Å². The Bertz CT molecular complexity index is 617. The maximum atomic E-state index is 13.2. The molecule has 5 N–H and O–H groups in total. The number of hydrogen-bond donors (Lipinski definition) is 5. The minimum Gasteiger partial charge on any atom is -0.394 e. The molecule has 2 rings (SSSR count). The summed E-state index contributed by atoms with van der Waals surface area (Å²) >= 11 is 0. The Morgan fingerprint density at radius 1 is 0.640 bits per heavy atom. The summed E-state index contributed by atoms with van der Waals surface area (Å²) < 4.78 is 26.4. The number of hydrogen-bond acceptors (Lipinski definition) is 5. The van der Waals surface area contributed by atoms with Crippen molar-refractivity contribution in [1.82, 2.24) is 0 Å². The number of aliphatic hydroxyl groups excluding tert-OH is 5. The highest BCUT2D eigenvalue weighted by Gasteiger charge is 2.36. The summed E-state index contributed by atoms with van der Waals surface area (Å²) in [6.07, 6.45) is -6.86. The number of rotatable bonds is 7. The lowest BCUT2D eigenvalue weighted by atomic mass is 9.82. The molecule has 0 unspecified atom stereocenters. The van der Waals surface area contributed by atoms with Crippen LogP contribution in [0.4, 0.5) is 8.78 Å². The summed E-state index contributed by atoms with van der Waals surface area (Å²) in [5, 5.41) is 48.9. The van der Waals surface area contributed by atoms with Crippen LogP contribution in [0.5, 0.6) is 0 Å². The van der Waals surface area contributed by atoms with E-state index in [1.165, 1.54) is 48.5 Å². The Labute approximate surface area is 143 Å². The van der Waals surface area contributed by atoms with Crippen molar-refractivity contribution < 1.29 is 34.3 Å². The molecule has 136 valence electrons. The van der Waals surface area contributed by atoms with Gasteiger partial charge in [-0.3, -0.25) is 0 Å². The first-order chi connectivity index (χ1) is 11.8. The van der Waals surface area contributed by atoms with Gasteiger partial charge in [0.05, 0.1) is 12.7 Å². The van der Waals surface area contributed by atoms with Crippen LogP contribution in [0.25, 0.3) is 0 Å². The first-order valence-corrected chi connectivity index (χ1v) is 7.69. The molecule has 0 heterocycles. The summed E-state index contributed by atoms with van der Waals surface area (Å²) in [5.74, 6) is -1.91. The molecule has 5 nitrogen and oxygen atoms in total. The van der Waals surface area contributed by atoms with Gasteiger partial charge in [-0.1, -0.05) is 24.3 Å². The minimum absolute atomic E-state index is 0.422. The molecule has 2 aromatic rings. The Morgan fingerprint density at radius 2 is 1.04 bits per heavy atom. The summed E-state index contributed by atoms with van der Waals surface area (Å²) in [5.41, 5.74) is 0.843. The largest absolute Gasteiger partial charge is 0.394 e. The van der Waals surface area contributed by atoms with Crippen molar-refractivity contribution in [3.63, 3.8) is 0 Å². The third-order valence-electron chi connectivity index (χ3n) is 4.08. The zero-order valence-electron chi connectivity index (χ0n) is 13.2. The lowest BCUT2D eigenvalue weighted by Crippen LogP contribution is -2.48. The molecule has 7 heteroatoms. The van der Waals surface area contributed by atoms with Crippen LogP contribution < -0.4 is 0 Å². The van der Waals surface area contributed by atoms with Gasteiger partial charge in [0, 0.05) is 5.92 Å². The second kappa shape index (κ2) is 8.46. The average Bonchev–Trinajstić information content (AvgIpc) is 2.63. The fourth-order valence-corrected chi connectivity index (χ4v) is 2.66. The molecule has 4 atom stereocenters. The van der Waals surface area contributed by atoms with E-state index in [0.717, 1.165) is 0 Å². The second-order valence-corrected chi connectivity index (χ2v) is 5.80. The molecule has 0 aromatic heterocycles. The molecular formula is C18H20F2O5. The fraction of sp³-hybridized carbons (Fsp3) is 0.333. The Balaban J connectivity index is 2.40. The number of aliphatic hydroxyl groups is 5. The highest BCUT2D eigenvalue weighted by atomic mass is 19.1. The van der Waals surface area contributed by atoms with E-state index in [-0.39, 0.29) is 0 Å². The van der Waals surface area contributed by atoms with Crippen molar-refractivity contribution in [2.24, 2.45) is 0 Å². The Hall–Kier alpha value is -1.90. The summed E-state index contributed by atoms with van der Waals surface area (Å²) in [6.45, 7) is -0.803. The monoisotopic (exact) mass is 354 g/mol. The van der Waals surface area contributed by atoms with Crippen LogP contribution in [0, 0.1) is 11.6 Å². The summed E-state index contributed by atoms with van der Waals surface area (Å²) in [4.78, 5) is 0.